The third-order valence-corrected chi connectivity index (χ3v) is 3.79. The molecule has 2 aromatic rings. The van der Waals surface area contributed by atoms with Gasteiger partial charge in [0.25, 0.3) is 5.91 Å². The molecule has 0 spiro atoms. The van der Waals surface area contributed by atoms with Gasteiger partial charge in [-0.1, -0.05) is 24.3 Å². The monoisotopic (exact) mass is 356 g/mol. The minimum Gasteiger partial charge on any atom is -0.484 e. The molecule has 1 aliphatic rings. The summed E-state index contributed by atoms with van der Waals surface area (Å²) >= 11 is 0. The number of amides is 2. The molecule has 2 aromatic carbocycles. The molecular formula is C19H20N2O5. The summed E-state index contributed by atoms with van der Waals surface area (Å²) in [6, 6.07) is 13.8. The first-order valence-electron chi connectivity index (χ1n) is 8.25. The Morgan fingerprint density at radius 3 is 2.69 bits per heavy atom. The van der Waals surface area contributed by atoms with Crippen molar-refractivity contribution >= 4 is 11.8 Å². The van der Waals surface area contributed by atoms with Gasteiger partial charge in [0.15, 0.2) is 18.1 Å². The van der Waals surface area contributed by atoms with E-state index in [1.54, 1.807) is 25.1 Å². The molecule has 2 amide bonds. The van der Waals surface area contributed by atoms with Gasteiger partial charge in [-0.2, -0.15) is 0 Å². The summed E-state index contributed by atoms with van der Waals surface area (Å²) in [6.07, 6.45) is 0. The predicted octanol–water partition coefficient (Wildman–Crippen LogP) is 1.62. The van der Waals surface area contributed by atoms with Crippen LogP contribution in [0.1, 0.15) is 12.5 Å². The maximum Gasteiger partial charge on any atom is 0.258 e. The van der Waals surface area contributed by atoms with E-state index < -0.39 is 6.04 Å². The average Bonchev–Trinajstić information content (AvgIpc) is 3.13. The summed E-state index contributed by atoms with van der Waals surface area (Å²) in [7, 11) is 0. The minimum absolute atomic E-state index is 0.149. The molecule has 0 saturated carbocycles. The summed E-state index contributed by atoms with van der Waals surface area (Å²) < 4.78 is 15.9. The van der Waals surface area contributed by atoms with Crippen LogP contribution in [0.25, 0.3) is 0 Å². The highest BCUT2D eigenvalue weighted by atomic mass is 16.7. The fourth-order valence-electron chi connectivity index (χ4n) is 2.41. The van der Waals surface area contributed by atoms with Gasteiger partial charge in [0.05, 0.1) is 0 Å². The SMILES string of the molecule is CC(NC(=O)COc1ccccc1)C(=O)NCc1ccc2c(c1)OCO2. The van der Waals surface area contributed by atoms with Crippen LogP contribution >= 0.6 is 0 Å². The number of carbonyl (C=O) groups is 2. The maximum absolute atomic E-state index is 12.1. The summed E-state index contributed by atoms with van der Waals surface area (Å²) in [5, 5.41) is 5.39. The second kappa shape index (κ2) is 8.24. The Bertz CT molecular complexity index is 779. The van der Waals surface area contributed by atoms with Gasteiger partial charge in [-0.15, -0.1) is 0 Å². The molecule has 0 bridgehead atoms. The molecule has 0 aromatic heterocycles. The number of benzene rings is 2. The van der Waals surface area contributed by atoms with Crippen molar-refractivity contribution in [3.63, 3.8) is 0 Å². The zero-order chi connectivity index (χ0) is 18.4. The van der Waals surface area contributed by atoms with Crippen LogP contribution in [0.2, 0.25) is 0 Å². The van der Waals surface area contributed by atoms with Gasteiger partial charge >= 0.3 is 0 Å². The van der Waals surface area contributed by atoms with Gasteiger partial charge in [0, 0.05) is 6.54 Å². The molecule has 1 heterocycles. The van der Waals surface area contributed by atoms with E-state index in [2.05, 4.69) is 10.6 Å². The molecule has 0 radical (unpaired) electrons. The van der Waals surface area contributed by atoms with Crippen molar-refractivity contribution in [1.82, 2.24) is 10.6 Å². The first-order chi connectivity index (χ1) is 12.6. The molecular weight excluding hydrogens is 336 g/mol. The molecule has 7 nitrogen and oxygen atoms in total. The lowest BCUT2D eigenvalue weighted by molar-refractivity contribution is -0.129. The Kier molecular flexibility index (Phi) is 5.58. The van der Waals surface area contributed by atoms with Gasteiger partial charge in [-0.3, -0.25) is 9.59 Å². The topological polar surface area (TPSA) is 85.9 Å². The van der Waals surface area contributed by atoms with Crippen LogP contribution in [-0.2, 0) is 16.1 Å². The van der Waals surface area contributed by atoms with Crippen LogP contribution in [0.3, 0.4) is 0 Å². The maximum atomic E-state index is 12.1. The number of hydrogen-bond donors (Lipinski definition) is 2. The average molecular weight is 356 g/mol. The van der Waals surface area contributed by atoms with Crippen LogP contribution < -0.4 is 24.8 Å². The summed E-state index contributed by atoms with van der Waals surface area (Å²) in [5.74, 6) is 1.31. The second-order valence-electron chi connectivity index (χ2n) is 5.80. The number of nitrogens with one attached hydrogen (secondary N) is 2. The molecule has 1 unspecified atom stereocenters. The number of fused-ring (bicyclic) bond motifs is 1. The Morgan fingerprint density at radius 1 is 1.12 bits per heavy atom. The molecule has 1 atom stereocenters. The summed E-state index contributed by atoms with van der Waals surface area (Å²) in [4.78, 5) is 24.0. The highest BCUT2D eigenvalue weighted by Gasteiger charge is 2.17. The quantitative estimate of drug-likeness (QED) is 0.787. The zero-order valence-electron chi connectivity index (χ0n) is 14.4. The predicted molar refractivity (Wildman–Crippen MR) is 94.0 cm³/mol. The lowest BCUT2D eigenvalue weighted by Crippen LogP contribution is -2.46. The molecule has 2 N–H and O–H groups in total. The Balaban J connectivity index is 1.42. The van der Waals surface area contributed by atoms with E-state index in [1.807, 2.05) is 30.3 Å². The van der Waals surface area contributed by atoms with Crippen LogP contribution in [0, 0.1) is 0 Å². The zero-order valence-corrected chi connectivity index (χ0v) is 14.4. The summed E-state index contributed by atoms with van der Waals surface area (Å²) in [5.41, 5.74) is 0.883. The second-order valence-corrected chi connectivity index (χ2v) is 5.80. The fraction of sp³-hybridized carbons (Fsp3) is 0.263. The van der Waals surface area contributed by atoms with Crippen LogP contribution in [0.5, 0.6) is 17.2 Å². The molecule has 26 heavy (non-hydrogen) atoms. The lowest BCUT2D eigenvalue weighted by Gasteiger charge is -2.14. The Hall–Kier alpha value is -3.22. The summed E-state index contributed by atoms with van der Waals surface area (Å²) in [6.45, 7) is 2.01. The third-order valence-electron chi connectivity index (χ3n) is 3.79. The van der Waals surface area contributed by atoms with Crippen molar-refractivity contribution in [3.8, 4) is 17.2 Å². The number of carbonyl (C=O) groups excluding carboxylic acids is 2. The largest absolute Gasteiger partial charge is 0.484 e. The first kappa shape index (κ1) is 17.6. The van der Waals surface area contributed by atoms with Gasteiger partial charge in [-0.25, -0.2) is 0 Å². The molecule has 1 aliphatic heterocycles. The molecule has 7 heteroatoms. The van der Waals surface area contributed by atoms with E-state index in [0.29, 0.717) is 23.8 Å². The van der Waals surface area contributed by atoms with E-state index in [-0.39, 0.29) is 25.2 Å². The molecule has 136 valence electrons. The Labute approximate surface area is 151 Å². The Morgan fingerprint density at radius 2 is 1.88 bits per heavy atom. The van der Waals surface area contributed by atoms with Crippen molar-refractivity contribution in [2.45, 2.75) is 19.5 Å². The highest BCUT2D eigenvalue weighted by molar-refractivity contribution is 5.87. The van der Waals surface area contributed by atoms with Gasteiger partial charge in [0.2, 0.25) is 12.7 Å². The fourth-order valence-corrected chi connectivity index (χ4v) is 2.41. The van der Waals surface area contributed by atoms with Crippen molar-refractivity contribution in [2.24, 2.45) is 0 Å². The lowest BCUT2D eigenvalue weighted by atomic mass is 10.2. The number of rotatable bonds is 7. The van der Waals surface area contributed by atoms with Crippen molar-refractivity contribution in [3.05, 3.63) is 54.1 Å². The van der Waals surface area contributed by atoms with E-state index in [9.17, 15) is 9.59 Å². The van der Waals surface area contributed by atoms with Gasteiger partial charge in [-0.05, 0) is 36.8 Å². The van der Waals surface area contributed by atoms with Crippen molar-refractivity contribution < 1.29 is 23.8 Å². The third kappa shape index (κ3) is 4.66. The van der Waals surface area contributed by atoms with Gasteiger partial charge in [0.1, 0.15) is 11.8 Å². The highest BCUT2D eigenvalue weighted by Crippen LogP contribution is 2.32. The molecule has 0 fully saturated rings. The smallest absolute Gasteiger partial charge is 0.258 e. The van der Waals surface area contributed by atoms with Crippen LogP contribution in [-0.4, -0.2) is 31.3 Å². The van der Waals surface area contributed by atoms with Crippen LogP contribution in [0.15, 0.2) is 48.5 Å². The molecule has 3 rings (SSSR count). The number of para-hydroxylation sites is 1. The number of ether oxygens (including phenoxy) is 3. The van der Waals surface area contributed by atoms with Crippen molar-refractivity contribution in [1.29, 1.82) is 0 Å². The standard InChI is InChI=1S/C19H20N2O5/c1-13(21-18(22)11-24-15-5-3-2-4-6-15)19(23)20-10-14-7-8-16-17(9-14)26-12-25-16/h2-9,13H,10-12H2,1H3,(H,20,23)(H,21,22). The van der Waals surface area contributed by atoms with E-state index in [4.69, 9.17) is 14.2 Å². The number of hydrogen-bond acceptors (Lipinski definition) is 5. The van der Waals surface area contributed by atoms with E-state index in [0.717, 1.165) is 5.56 Å². The van der Waals surface area contributed by atoms with Crippen LogP contribution in [0.4, 0.5) is 0 Å². The minimum atomic E-state index is -0.670. The molecule has 0 aliphatic carbocycles. The molecule has 0 saturated heterocycles. The van der Waals surface area contributed by atoms with Crippen molar-refractivity contribution in [2.75, 3.05) is 13.4 Å². The normalized spacial score (nSPS) is 13.0. The first-order valence-corrected chi connectivity index (χ1v) is 8.25. The van der Waals surface area contributed by atoms with E-state index >= 15 is 0 Å². The van der Waals surface area contributed by atoms with Gasteiger partial charge < -0.3 is 24.8 Å². The van der Waals surface area contributed by atoms with E-state index in [1.165, 1.54) is 0 Å².